The highest BCUT2D eigenvalue weighted by Gasteiger charge is 2.17. The summed E-state index contributed by atoms with van der Waals surface area (Å²) >= 11 is 6.05. The van der Waals surface area contributed by atoms with E-state index >= 15 is 0 Å². The standard InChI is InChI=1S/C17H18ClFN2O4S/c1-11(2)20-17(22)10-25-16-8-7-14(9-15(16)18)26(23,24)21-13-5-3-12(19)4-6-13/h3-9,11,21H,10H2,1-2H3,(H,20,22). The maximum atomic E-state index is 12.9. The fourth-order valence-corrected chi connectivity index (χ4v) is 3.39. The summed E-state index contributed by atoms with van der Waals surface area (Å²) < 4.78 is 45.3. The van der Waals surface area contributed by atoms with Crippen LogP contribution in [-0.4, -0.2) is 27.0 Å². The molecule has 0 aliphatic rings. The van der Waals surface area contributed by atoms with Crippen LogP contribution in [-0.2, 0) is 14.8 Å². The SMILES string of the molecule is CC(C)NC(=O)COc1ccc(S(=O)(=O)Nc2ccc(F)cc2)cc1Cl. The first-order valence-electron chi connectivity index (χ1n) is 7.67. The number of amides is 1. The van der Waals surface area contributed by atoms with Gasteiger partial charge in [0, 0.05) is 11.7 Å². The quantitative estimate of drug-likeness (QED) is 0.747. The maximum absolute atomic E-state index is 12.9. The molecule has 0 spiro atoms. The van der Waals surface area contributed by atoms with Crippen molar-refractivity contribution in [2.45, 2.75) is 24.8 Å². The molecule has 140 valence electrons. The van der Waals surface area contributed by atoms with Gasteiger partial charge in [-0.15, -0.1) is 0 Å². The molecule has 0 aromatic heterocycles. The van der Waals surface area contributed by atoms with Gasteiger partial charge in [0.15, 0.2) is 6.61 Å². The summed E-state index contributed by atoms with van der Waals surface area (Å²) in [5, 5.41) is 2.71. The zero-order valence-corrected chi connectivity index (χ0v) is 15.7. The summed E-state index contributed by atoms with van der Waals surface area (Å²) in [6, 6.07) is 8.75. The largest absolute Gasteiger partial charge is 0.482 e. The molecule has 2 aromatic carbocycles. The van der Waals surface area contributed by atoms with Crippen molar-refractivity contribution in [1.82, 2.24) is 5.32 Å². The van der Waals surface area contributed by atoms with Crippen LogP contribution < -0.4 is 14.8 Å². The zero-order chi connectivity index (χ0) is 19.3. The van der Waals surface area contributed by atoms with Crippen LogP contribution in [0.15, 0.2) is 47.4 Å². The van der Waals surface area contributed by atoms with Crippen molar-refractivity contribution in [1.29, 1.82) is 0 Å². The Bertz CT molecular complexity index is 886. The van der Waals surface area contributed by atoms with E-state index in [0.717, 1.165) is 12.1 Å². The van der Waals surface area contributed by atoms with Crippen LogP contribution in [0.1, 0.15) is 13.8 Å². The second-order valence-corrected chi connectivity index (χ2v) is 7.81. The lowest BCUT2D eigenvalue weighted by atomic mass is 10.3. The number of rotatable bonds is 7. The monoisotopic (exact) mass is 400 g/mol. The van der Waals surface area contributed by atoms with Gasteiger partial charge in [-0.05, 0) is 56.3 Å². The molecule has 0 heterocycles. The molecule has 0 fully saturated rings. The number of sulfonamides is 1. The summed E-state index contributed by atoms with van der Waals surface area (Å²) in [5.41, 5.74) is 0.216. The summed E-state index contributed by atoms with van der Waals surface area (Å²) in [7, 11) is -3.90. The number of benzene rings is 2. The van der Waals surface area contributed by atoms with Crippen molar-refractivity contribution in [3.05, 3.63) is 53.3 Å². The molecule has 26 heavy (non-hydrogen) atoms. The number of nitrogens with one attached hydrogen (secondary N) is 2. The van der Waals surface area contributed by atoms with Crippen molar-refractivity contribution in [2.24, 2.45) is 0 Å². The first-order chi connectivity index (χ1) is 12.2. The molecule has 0 aliphatic heterocycles. The average Bonchev–Trinajstić information content (AvgIpc) is 2.55. The van der Waals surface area contributed by atoms with Gasteiger partial charge < -0.3 is 10.1 Å². The van der Waals surface area contributed by atoms with Gasteiger partial charge >= 0.3 is 0 Å². The molecular weight excluding hydrogens is 383 g/mol. The van der Waals surface area contributed by atoms with Crippen LogP contribution in [0.5, 0.6) is 5.75 Å². The van der Waals surface area contributed by atoms with Crippen LogP contribution in [0, 0.1) is 5.82 Å². The van der Waals surface area contributed by atoms with Gasteiger partial charge in [0.1, 0.15) is 11.6 Å². The summed E-state index contributed by atoms with van der Waals surface area (Å²) in [6.07, 6.45) is 0. The zero-order valence-electron chi connectivity index (χ0n) is 14.1. The Morgan fingerprint density at radius 2 is 1.85 bits per heavy atom. The molecule has 0 atom stereocenters. The molecule has 0 unspecified atom stereocenters. The minimum atomic E-state index is -3.90. The highest BCUT2D eigenvalue weighted by molar-refractivity contribution is 7.92. The second-order valence-electron chi connectivity index (χ2n) is 5.72. The summed E-state index contributed by atoms with van der Waals surface area (Å²) in [4.78, 5) is 11.5. The Labute approximate surface area is 156 Å². The third kappa shape index (κ3) is 5.60. The van der Waals surface area contributed by atoms with E-state index in [9.17, 15) is 17.6 Å². The Balaban J connectivity index is 2.09. The van der Waals surface area contributed by atoms with E-state index in [2.05, 4.69) is 10.0 Å². The number of carbonyl (C=O) groups is 1. The lowest BCUT2D eigenvalue weighted by Gasteiger charge is -2.12. The topological polar surface area (TPSA) is 84.5 Å². The molecule has 0 bridgehead atoms. The Morgan fingerprint density at radius 1 is 1.19 bits per heavy atom. The average molecular weight is 401 g/mol. The van der Waals surface area contributed by atoms with Gasteiger partial charge in [-0.2, -0.15) is 0 Å². The second kappa shape index (κ2) is 8.37. The number of hydrogen-bond acceptors (Lipinski definition) is 4. The van der Waals surface area contributed by atoms with E-state index in [1.807, 2.05) is 13.8 Å². The molecule has 2 rings (SSSR count). The fourth-order valence-electron chi connectivity index (χ4n) is 2.00. The Morgan fingerprint density at radius 3 is 2.42 bits per heavy atom. The number of carbonyl (C=O) groups excluding carboxylic acids is 1. The Kier molecular flexibility index (Phi) is 6.44. The first kappa shape index (κ1) is 20.0. The molecule has 2 N–H and O–H groups in total. The number of anilines is 1. The number of ether oxygens (including phenoxy) is 1. The van der Waals surface area contributed by atoms with Gasteiger partial charge in [-0.25, -0.2) is 12.8 Å². The van der Waals surface area contributed by atoms with Crippen molar-refractivity contribution in [3.8, 4) is 5.75 Å². The van der Waals surface area contributed by atoms with E-state index in [4.69, 9.17) is 16.3 Å². The molecule has 1 amide bonds. The van der Waals surface area contributed by atoms with Gasteiger partial charge in [0.25, 0.3) is 15.9 Å². The van der Waals surface area contributed by atoms with Crippen molar-refractivity contribution >= 4 is 33.2 Å². The molecule has 0 saturated carbocycles. The summed E-state index contributed by atoms with van der Waals surface area (Å²) in [5.74, 6) is -0.601. The van der Waals surface area contributed by atoms with Gasteiger partial charge in [0.05, 0.1) is 9.92 Å². The van der Waals surface area contributed by atoms with E-state index in [0.29, 0.717) is 0 Å². The smallest absolute Gasteiger partial charge is 0.261 e. The van der Waals surface area contributed by atoms with E-state index in [1.165, 1.54) is 30.3 Å². The summed E-state index contributed by atoms with van der Waals surface area (Å²) in [6.45, 7) is 3.40. The lowest BCUT2D eigenvalue weighted by Crippen LogP contribution is -2.34. The molecule has 0 aliphatic carbocycles. The van der Waals surface area contributed by atoms with Gasteiger partial charge in [0.2, 0.25) is 0 Å². The van der Waals surface area contributed by atoms with Crippen LogP contribution in [0.25, 0.3) is 0 Å². The molecular formula is C17H18ClFN2O4S. The van der Waals surface area contributed by atoms with Crippen molar-refractivity contribution in [3.63, 3.8) is 0 Å². The highest BCUT2D eigenvalue weighted by Crippen LogP contribution is 2.28. The molecule has 0 saturated heterocycles. The Hall–Kier alpha value is -2.32. The third-order valence-electron chi connectivity index (χ3n) is 3.12. The van der Waals surface area contributed by atoms with Crippen LogP contribution >= 0.6 is 11.6 Å². The predicted molar refractivity (Wildman–Crippen MR) is 97.4 cm³/mol. The molecule has 2 aromatic rings. The maximum Gasteiger partial charge on any atom is 0.261 e. The van der Waals surface area contributed by atoms with Crippen molar-refractivity contribution in [2.75, 3.05) is 11.3 Å². The minimum Gasteiger partial charge on any atom is -0.482 e. The van der Waals surface area contributed by atoms with Crippen molar-refractivity contribution < 1.29 is 22.3 Å². The van der Waals surface area contributed by atoms with E-state index in [1.54, 1.807) is 0 Å². The van der Waals surface area contributed by atoms with Crippen LogP contribution in [0.3, 0.4) is 0 Å². The van der Waals surface area contributed by atoms with E-state index in [-0.39, 0.29) is 39.9 Å². The highest BCUT2D eigenvalue weighted by atomic mass is 35.5. The fraction of sp³-hybridized carbons (Fsp3) is 0.235. The number of halogens is 2. The minimum absolute atomic E-state index is 0.0216. The van der Waals surface area contributed by atoms with Gasteiger partial charge in [-0.1, -0.05) is 11.6 Å². The first-order valence-corrected chi connectivity index (χ1v) is 9.53. The molecule has 9 heteroatoms. The lowest BCUT2D eigenvalue weighted by molar-refractivity contribution is -0.123. The number of hydrogen-bond donors (Lipinski definition) is 2. The molecule has 0 radical (unpaired) electrons. The normalized spacial score (nSPS) is 11.3. The van der Waals surface area contributed by atoms with E-state index < -0.39 is 15.8 Å². The predicted octanol–water partition coefficient (Wildman–Crippen LogP) is 3.18. The molecule has 6 nitrogen and oxygen atoms in total. The van der Waals surface area contributed by atoms with Gasteiger partial charge in [-0.3, -0.25) is 9.52 Å². The van der Waals surface area contributed by atoms with Crippen LogP contribution in [0.2, 0.25) is 5.02 Å². The van der Waals surface area contributed by atoms with Crippen LogP contribution in [0.4, 0.5) is 10.1 Å². The third-order valence-corrected chi connectivity index (χ3v) is 4.79.